The molecule has 7 heteroatoms. The first-order chi connectivity index (χ1) is 9.20. The number of hydrogen-bond acceptors (Lipinski definition) is 4. The van der Waals surface area contributed by atoms with Gasteiger partial charge in [0, 0.05) is 18.9 Å². The van der Waals surface area contributed by atoms with Gasteiger partial charge in [-0.3, -0.25) is 4.79 Å². The Bertz CT molecular complexity index is 455. The molecule has 0 aliphatic rings. The molecule has 0 fully saturated rings. The summed E-state index contributed by atoms with van der Waals surface area (Å²) in [6.07, 6.45) is -4.34. The molecule has 3 nitrogen and oxygen atoms in total. The lowest BCUT2D eigenvalue weighted by molar-refractivity contribution is -0.135. The van der Waals surface area contributed by atoms with Crippen LogP contribution in [0.15, 0.2) is 6.07 Å². The number of Topliss-reactive ketones (excluding diaryl/α,β-unsaturated/α-hetero) is 1. The zero-order valence-electron chi connectivity index (χ0n) is 11.5. The predicted octanol–water partition coefficient (Wildman–Crippen LogP) is 4.31. The van der Waals surface area contributed by atoms with Crippen molar-refractivity contribution < 1.29 is 18.0 Å². The third-order valence-electron chi connectivity index (χ3n) is 2.70. The maximum absolute atomic E-state index is 12.0. The van der Waals surface area contributed by atoms with Crippen LogP contribution >= 0.6 is 11.3 Å². The highest BCUT2D eigenvalue weighted by molar-refractivity contribution is 7.18. The van der Waals surface area contributed by atoms with Crippen LogP contribution in [0.5, 0.6) is 0 Å². The first kappa shape index (κ1) is 16.8. The van der Waals surface area contributed by atoms with Crippen molar-refractivity contribution in [1.82, 2.24) is 0 Å². The van der Waals surface area contributed by atoms with E-state index in [1.807, 2.05) is 0 Å². The minimum Gasteiger partial charge on any atom is -0.397 e. The monoisotopic (exact) mass is 308 g/mol. The molecular formula is C13H19F3N2OS. The van der Waals surface area contributed by atoms with E-state index in [4.69, 9.17) is 5.73 Å². The van der Waals surface area contributed by atoms with Gasteiger partial charge >= 0.3 is 6.18 Å². The van der Waals surface area contributed by atoms with Crippen LogP contribution in [-0.2, 0) is 0 Å². The number of carbonyl (C=O) groups is 1. The average Bonchev–Trinajstić information content (AvgIpc) is 2.67. The Kier molecular flexibility index (Phi) is 5.86. The second kappa shape index (κ2) is 6.97. The van der Waals surface area contributed by atoms with E-state index in [2.05, 4.69) is 5.32 Å². The van der Waals surface area contributed by atoms with Gasteiger partial charge in [0.2, 0.25) is 0 Å². The van der Waals surface area contributed by atoms with E-state index in [1.54, 1.807) is 19.9 Å². The molecular weight excluding hydrogens is 289 g/mol. The highest BCUT2D eigenvalue weighted by atomic mass is 32.1. The van der Waals surface area contributed by atoms with Crippen molar-refractivity contribution >= 4 is 27.8 Å². The van der Waals surface area contributed by atoms with E-state index in [9.17, 15) is 18.0 Å². The van der Waals surface area contributed by atoms with Crippen LogP contribution in [0, 0.1) is 5.92 Å². The van der Waals surface area contributed by atoms with Crippen molar-refractivity contribution in [3.63, 3.8) is 0 Å². The number of hydrogen-bond donors (Lipinski definition) is 2. The Labute approximate surface area is 120 Å². The van der Waals surface area contributed by atoms with E-state index in [0.29, 0.717) is 23.5 Å². The van der Waals surface area contributed by atoms with Crippen LogP contribution < -0.4 is 11.1 Å². The van der Waals surface area contributed by atoms with Gasteiger partial charge in [0.15, 0.2) is 5.78 Å². The van der Waals surface area contributed by atoms with Gasteiger partial charge in [-0.15, -0.1) is 11.3 Å². The number of thiophene rings is 1. The smallest absolute Gasteiger partial charge is 0.389 e. The summed E-state index contributed by atoms with van der Waals surface area (Å²) in [5, 5.41) is 3.73. The number of alkyl halides is 3. The molecule has 1 rings (SSSR count). The molecule has 0 aromatic carbocycles. The number of carbonyl (C=O) groups excluding carboxylic acids is 1. The number of nitrogens with one attached hydrogen (secondary N) is 1. The molecule has 1 heterocycles. The fraction of sp³-hybridized carbons (Fsp3) is 0.615. The van der Waals surface area contributed by atoms with E-state index in [1.165, 1.54) is 11.3 Å². The van der Waals surface area contributed by atoms with Crippen LogP contribution in [-0.4, -0.2) is 18.5 Å². The van der Waals surface area contributed by atoms with Crippen molar-refractivity contribution in [3.8, 4) is 0 Å². The Morgan fingerprint density at radius 2 is 2.05 bits per heavy atom. The summed E-state index contributed by atoms with van der Waals surface area (Å²) in [6.45, 7) is 4.03. The van der Waals surface area contributed by atoms with E-state index >= 15 is 0 Å². The zero-order valence-corrected chi connectivity index (χ0v) is 12.3. The van der Waals surface area contributed by atoms with Gasteiger partial charge in [-0.05, 0) is 18.9 Å². The summed E-state index contributed by atoms with van der Waals surface area (Å²) >= 11 is 1.25. The zero-order chi connectivity index (χ0) is 15.3. The summed E-state index contributed by atoms with van der Waals surface area (Å²) in [4.78, 5) is 12.4. The van der Waals surface area contributed by atoms with E-state index < -0.39 is 12.6 Å². The fourth-order valence-corrected chi connectivity index (χ4v) is 2.70. The van der Waals surface area contributed by atoms with Gasteiger partial charge in [0.25, 0.3) is 0 Å². The first-order valence-electron chi connectivity index (χ1n) is 6.45. The Morgan fingerprint density at radius 1 is 1.40 bits per heavy atom. The maximum Gasteiger partial charge on any atom is 0.389 e. The summed E-state index contributed by atoms with van der Waals surface area (Å²) in [5.41, 5.74) is 6.19. The Morgan fingerprint density at radius 3 is 2.60 bits per heavy atom. The SMILES string of the molecule is CC(C)C(=O)c1sc(NCCCCC(F)(F)F)cc1N. The number of nitrogens with two attached hydrogens (primary N) is 1. The van der Waals surface area contributed by atoms with Gasteiger partial charge in [-0.25, -0.2) is 0 Å². The normalized spacial score (nSPS) is 11.9. The van der Waals surface area contributed by atoms with Gasteiger partial charge < -0.3 is 11.1 Å². The standard InChI is InChI=1S/C13H19F3N2OS/c1-8(2)11(19)12-9(17)7-10(20-12)18-6-4-3-5-13(14,15)16/h7-8,18H,3-6,17H2,1-2H3. The molecule has 0 radical (unpaired) electrons. The second-order valence-electron chi connectivity index (χ2n) is 4.91. The molecule has 0 spiro atoms. The highest BCUT2D eigenvalue weighted by Crippen LogP contribution is 2.31. The molecule has 20 heavy (non-hydrogen) atoms. The van der Waals surface area contributed by atoms with Crippen LogP contribution in [0.1, 0.15) is 42.8 Å². The summed E-state index contributed by atoms with van der Waals surface area (Å²) in [6, 6.07) is 1.66. The molecule has 0 saturated carbocycles. The largest absolute Gasteiger partial charge is 0.397 e. The van der Waals surface area contributed by atoms with Crippen molar-refractivity contribution in [2.45, 2.75) is 39.3 Å². The van der Waals surface area contributed by atoms with Crippen LogP contribution in [0.2, 0.25) is 0 Å². The molecule has 0 amide bonds. The van der Waals surface area contributed by atoms with Gasteiger partial charge in [0.1, 0.15) is 0 Å². The number of unbranched alkanes of at least 4 members (excludes halogenated alkanes) is 1. The first-order valence-corrected chi connectivity index (χ1v) is 7.26. The maximum atomic E-state index is 12.0. The molecule has 114 valence electrons. The third kappa shape index (κ3) is 5.40. The molecule has 3 N–H and O–H groups in total. The number of anilines is 2. The van der Waals surface area contributed by atoms with Gasteiger partial charge in [0.05, 0.1) is 15.6 Å². The van der Waals surface area contributed by atoms with Gasteiger partial charge in [-0.2, -0.15) is 13.2 Å². The molecule has 0 unspecified atom stereocenters. The minimum absolute atomic E-state index is 0.0161. The van der Waals surface area contributed by atoms with Crippen molar-refractivity contribution in [1.29, 1.82) is 0 Å². The molecule has 0 aliphatic heterocycles. The molecule has 0 saturated heterocycles. The van der Waals surface area contributed by atoms with Crippen molar-refractivity contribution in [2.24, 2.45) is 5.92 Å². The molecule has 0 bridgehead atoms. The summed E-state index contributed by atoms with van der Waals surface area (Å²) < 4.78 is 35.9. The predicted molar refractivity (Wildman–Crippen MR) is 76.3 cm³/mol. The summed E-state index contributed by atoms with van der Waals surface area (Å²) in [7, 11) is 0. The number of ketones is 1. The van der Waals surface area contributed by atoms with Crippen molar-refractivity contribution in [2.75, 3.05) is 17.6 Å². The third-order valence-corrected chi connectivity index (χ3v) is 3.82. The quantitative estimate of drug-likeness (QED) is 0.583. The Hall–Kier alpha value is -1.24. The topological polar surface area (TPSA) is 55.1 Å². The molecule has 1 aromatic heterocycles. The average molecular weight is 308 g/mol. The van der Waals surface area contributed by atoms with E-state index in [-0.39, 0.29) is 18.1 Å². The van der Waals surface area contributed by atoms with Crippen LogP contribution in [0.4, 0.5) is 23.9 Å². The lowest BCUT2D eigenvalue weighted by atomic mass is 10.1. The minimum atomic E-state index is -4.09. The molecule has 0 aliphatic carbocycles. The number of halogens is 3. The van der Waals surface area contributed by atoms with Crippen LogP contribution in [0.3, 0.4) is 0 Å². The molecule has 0 atom stereocenters. The highest BCUT2D eigenvalue weighted by Gasteiger charge is 2.25. The second-order valence-corrected chi connectivity index (χ2v) is 5.97. The Balaban J connectivity index is 2.42. The molecule has 1 aromatic rings. The lowest BCUT2D eigenvalue weighted by Gasteiger charge is -2.06. The lowest BCUT2D eigenvalue weighted by Crippen LogP contribution is -2.08. The number of rotatable bonds is 7. The summed E-state index contributed by atoms with van der Waals surface area (Å²) in [5.74, 6) is -0.145. The van der Waals surface area contributed by atoms with Gasteiger partial charge in [-0.1, -0.05) is 13.8 Å². The van der Waals surface area contributed by atoms with Crippen molar-refractivity contribution in [3.05, 3.63) is 10.9 Å². The van der Waals surface area contributed by atoms with Crippen LogP contribution in [0.25, 0.3) is 0 Å². The van der Waals surface area contributed by atoms with E-state index in [0.717, 1.165) is 5.00 Å². The number of nitrogen functional groups attached to an aromatic ring is 1. The fourth-order valence-electron chi connectivity index (χ4n) is 1.61.